The lowest BCUT2D eigenvalue weighted by molar-refractivity contribution is -0.142. The summed E-state index contributed by atoms with van der Waals surface area (Å²) in [4.78, 5) is 29.2. The third kappa shape index (κ3) is 5.25. The Morgan fingerprint density at radius 1 is 1.14 bits per heavy atom. The average molecular weight is 389 g/mol. The van der Waals surface area contributed by atoms with Gasteiger partial charge in [0.25, 0.3) is 0 Å². The van der Waals surface area contributed by atoms with E-state index >= 15 is 0 Å². The summed E-state index contributed by atoms with van der Waals surface area (Å²) in [6.07, 6.45) is 4.05. The van der Waals surface area contributed by atoms with Crippen molar-refractivity contribution in [1.29, 1.82) is 0 Å². The molecule has 0 bridgehead atoms. The number of hydrogen-bond donors (Lipinski definition) is 0. The van der Waals surface area contributed by atoms with Crippen molar-refractivity contribution in [2.75, 3.05) is 32.9 Å². The Kier molecular flexibility index (Phi) is 7.31. The first-order valence-electron chi connectivity index (χ1n) is 10.4. The van der Waals surface area contributed by atoms with E-state index in [9.17, 15) is 9.59 Å². The van der Waals surface area contributed by atoms with Crippen LogP contribution in [0.5, 0.6) is 5.75 Å². The molecule has 2 amide bonds. The van der Waals surface area contributed by atoms with Crippen LogP contribution in [0.25, 0.3) is 0 Å². The average Bonchev–Trinajstić information content (AvgIpc) is 2.70. The smallest absolute Gasteiger partial charge is 0.227 e. The molecule has 6 nitrogen and oxygen atoms in total. The van der Waals surface area contributed by atoms with Gasteiger partial charge in [-0.15, -0.1) is 0 Å². The molecule has 2 saturated heterocycles. The summed E-state index contributed by atoms with van der Waals surface area (Å²) in [6, 6.07) is 8.07. The fraction of sp³-hybridized carbons (Fsp3) is 0.636. The van der Waals surface area contributed by atoms with E-state index in [0.29, 0.717) is 32.8 Å². The van der Waals surface area contributed by atoms with Gasteiger partial charge in [0.15, 0.2) is 0 Å². The highest BCUT2D eigenvalue weighted by molar-refractivity contribution is 5.79. The van der Waals surface area contributed by atoms with Crippen LogP contribution in [0.1, 0.15) is 45.1 Å². The Bertz CT molecular complexity index is 655. The van der Waals surface area contributed by atoms with Crippen LogP contribution in [-0.2, 0) is 20.7 Å². The van der Waals surface area contributed by atoms with Crippen LogP contribution in [0.2, 0.25) is 0 Å². The minimum atomic E-state index is 0.109. The lowest BCUT2D eigenvalue weighted by Gasteiger charge is -2.44. The van der Waals surface area contributed by atoms with Gasteiger partial charge in [-0.3, -0.25) is 9.59 Å². The standard InChI is InChI=1S/C22H32N2O4/c1-3-28-21-8-6-18(7-9-21)15-22(26)23-12-4-5-20(16-23)24(17(2)25)19-10-13-27-14-11-19/h6-9,19-20H,3-5,10-16H2,1-2H3. The van der Waals surface area contributed by atoms with E-state index in [-0.39, 0.29) is 23.9 Å². The molecule has 2 aliphatic heterocycles. The summed E-state index contributed by atoms with van der Waals surface area (Å²) in [6.45, 7) is 7.06. The Balaban J connectivity index is 1.61. The third-order valence-electron chi connectivity index (χ3n) is 5.68. The molecule has 0 N–H and O–H groups in total. The first kappa shape index (κ1) is 20.6. The minimum Gasteiger partial charge on any atom is -0.494 e. The lowest BCUT2D eigenvalue weighted by Crippen LogP contribution is -2.55. The molecule has 2 aliphatic rings. The van der Waals surface area contributed by atoms with Crippen LogP contribution in [0.3, 0.4) is 0 Å². The number of piperidine rings is 1. The molecule has 1 unspecified atom stereocenters. The molecule has 154 valence electrons. The minimum absolute atomic E-state index is 0.109. The first-order chi connectivity index (χ1) is 13.6. The Hall–Kier alpha value is -2.08. The van der Waals surface area contributed by atoms with Crippen LogP contribution < -0.4 is 4.74 Å². The second-order valence-electron chi connectivity index (χ2n) is 7.66. The van der Waals surface area contributed by atoms with Crippen molar-refractivity contribution in [1.82, 2.24) is 9.80 Å². The predicted octanol–water partition coefficient (Wildman–Crippen LogP) is 2.65. The SMILES string of the molecule is CCOc1ccc(CC(=O)N2CCCC(N(C(C)=O)C3CCOCC3)C2)cc1. The predicted molar refractivity (Wildman–Crippen MR) is 107 cm³/mol. The second kappa shape index (κ2) is 9.92. The van der Waals surface area contributed by atoms with Crippen molar-refractivity contribution in [3.63, 3.8) is 0 Å². The molecule has 0 aliphatic carbocycles. The van der Waals surface area contributed by atoms with Gasteiger partial charge < -0.3 is 19.3 Å². The number of rotatable bonds is 6. The maximum Gasteiger partial charge on any atom is 0.227 e. The van der Waals surface area contributed by atoms with Crippen LogP contribution in [0.15, 0.2) is 24.3 Å². The highest BCUT2D eigenvalue weighted by Crippen LogP contribution is 2.24. The number of amides is 2. The lowest BCUT2D eigenvalue weighted by atomic mass is 9.98. The zero-order valence-corrected chi connectivity index (χ0v) is 17.1. The third-order valence-corrected chi connectivity index (χ3v) is 5.68. The molecule has 3 rings (SSSR count). The number of carbonyl (C=O) groups is 2. The zero-order valence-electron chi connectivity index (χ0n) is 17.1. The van der Waals surface area contributed by atoms with E-state index in [0.717, 1.165) is 43.5 Å². The van der Waals surface area contributed by atoms with E-state index in [2.05, 4.69) is 0 Å². The summed E-state index contributed by atoms with van der Waals surface area (Å²) in [7, 11) is 0. The van der Waals surface area contributed by atoms with Crippen LogP contribution in [0.4, 0.5) is 0 Å². The quantitative estimate of drug-likeness (QED) is 0.752. The van der Waals surface area contributed by atoms with Crippen LogP contribution >= 0.6 is 0 Å². The molecule has 0 saturated carbocycles. The molecule has 0 aromatic heterocycles. The molecule has 1 aromatic rings. The number of likely N-dealkylation sites (tertiary alicyclic amines) is 1. The van der Waals surface area contributed by atoms with Gasteiger partial charge in [0.05, 0.1) is 13.0 Å². The normalized spacial score (nSPS) is 20.6. The van der Waals surface area contributed by atoms with Crippen molar-refractivity contribution in [3.05, 3.63) is 29.8 Å². The monoisotopic (exact) mass is 388 g/mol. The van der Waals surface area contributed by atoms with Crippen LogP contribution in [0, 0.1) is 0 Å². The van der Waals surface area contributed by atoms with Crippen molar-refractivity contribution >= 4 is 11.8 Å². The fourth-order valence-electron chi connectivity index (χ4n) is 4.34. The van der Waals surface area contributed by atoms with E-state index in [1.807, 2.05) is 41.0 Å². The molecule has 0 spiro atoms. The van der Waals surface area contributed by atoms with E-state index < -0.39 is 0 Å². The topological polar surface area (TPSA) is 59.1 Å². The van der Waals surface area contributed by atoms with Gasteiger partial charge in [-0.25, -0.2) is 0 Å². The van der Waals surface area contributed by atoms with Gasteiger partial charge in [-0.05, 0) is 50.3 Å². The summed E-state index contributed by atoms with van der Waals surface area (Å²) < 4.78 is 10.9. The Morgan fingerprint density at radius 2 is 1.86 bits per heavy atom. The molecule has 2 heterocycles. The molecule has 1 aromatic carbocycles. The largest absolute Gasteiger partial charge is 0.494 e. The second-order valence-corrected chi connectivity index (χ2v) is 7.66. The van der Waals surface area contributed by atoms with Crippen molar-refractivity contribution in [3.8, 4) is 5.75 Å². The first-order valence-corrected chi connectivity index (χ1v) is 10.4. The van der Waals surface area contributed by atoms with Gasteiger partial charge in [0, 0.05) is 45.3 Å². The van der Waals surface area contributed by atoms with Crippen molar-refractivity contribution < 1.29 is 19.1 Å². The molecule has 28 heavy (non-hydrogen) atoms. The number of ether oxygens (including phenoxy) is 2. The van der Waals surface area contributed by atoms with E-state index in [1.54, 1.807) is 6.92 Å². The number of hydrogen-bond acceptors (Lipinski definition) is 4. The van der Waals surface area contributed by atoms with E-state index in [1.165, 1.54) is 0 Å². The summed E-state index contributed by atoms with van der Waals surface area (Å²) in [5.74, 6) is 1.06. The number of nitrogens with zero attached hydrogens (tertiary/aromatic N) is 2. The van der Waals surface area contributed by atoms with Crippen molar-refractivity contribution in [2.45, 2.75) is 58.0 Å². The van der Waals surface area contributed by atoms with Gasteiger partial charge >= 0.3 is 0 Å². The van der Waals surface area contributed by atoms with Gasteiger partial charge in [-0.2, -0.15) is 0 Å². The highest BCUT2D eigenvalue weighted by atomic mass is 16.5. The molecule has 2 fully saturated rings. The van der Waals surface area contributed by atoms with Gasteiger partial charge in [0.1, 0.15) is 5.75 Å². The fourth-order valence-corrected chi connectivity index (χ4v) is 4.34. The Labute approximate surface area is 167 Å². The molecular formula is C22H32N2O4. The summed E-state index contributed by atoms with van der Waals surface area (Å²) in [5, 5.41) is 0. The van der Waals surface area contributed by atoms with Crippen LogP contribution in [-0.4, -0.2) is 66.6 Å². The molecule has 6 heteroatoms. The molecule has 1 atom stereocenters. The maximum absolute atomic E-state index is 12.9. The van der Waals surface area contributed by atoms with Crippen molar-refractivity contribution in [2.24, 2.45) is 0 Å². The summed E-state index contributed by atoms with van der Waals surface area (Å²) in [5.41, 5.74) is 0.989. The summed E-state index contributed by atoms with van der Waals surface area (Å²) >= 11 is 0. The van der Waals surface area contributed by atoms with Gasteiger partial charge in [0.2, 0.25) is 11.8 Å². The number of carbonyl (C=O) groups excluding carboxylic acids is 2. The van der Waals surface area contributed by atoms with Gasteiger partial charge in [-0.1, -0.05) is 12.1 Å². The molecular weight excluding hydrogens is 356 g/mol. The highest BCUT2D eigenvalue weighted by Gasteiger charge is 2.34. The zero-order chi connectivity index (χ0) is 19.9. The molecule has 0 radical (unpaired) electrons. The number of benzene rings is 1. The van der Waals surface area contributed by atoms with E-state index in [4.69, 9.17) is 9.47 Å². The maximum atomic E-state index is 12.9. The Morgan fingerprint density at radius 3 is 2.50 bits per heavy atom.